The first-order valence-corrected chi connectivity index (χ1v) is 7.03. The molecule has 3 aromatic rings. The fourth-order valence-corrected chi connectivity index (χ4v) is 2.38. The molecule has 0 saturated carbocycles. The number of pyridine rings is 1. The zero-order chi connectivity index (χ0) is 17.3. The van der Waals surface area contributed by atoms with Gasteiger partial charge in [0.05, 0.1) is 13.3 Å². The van der Waals surface area contributed by atoms with Crippen LogP contribution in [-0.2, 0) is 7.05 Å². The number of hydrogen-bond donors (Lipinski definition) is 0. The third kappa shape index (κ3) is 3.27. The van der Waals surface area contributed by atoms with Crippen LogP contribution in [0.3, 0.4) is 0 Å². The first kappa shape index (κ1) is 16.1. The summed E-state index contributed by atoms with van der Waals surface area (Å²) >= 11 is 0. The Balaban J connectivity index is 2.13. The molecule has 0 unspecified atom stereocenters. The van der Waals surface area contributed by atoms with Gasteiger partial charge in [0.15, 0.2) is 6.61 Å². The number of benzene rings is 1. The summed E-state index contributed by atoms with van der Waals surface area (Å²) in [5.41, 5.74) is 1.56. The SMILES string of the molecule is COc1ccc2c(-c3cnn(C)c3)cnc(OCC(F)(F)F)c2c1. The van der Waals surface area contributed by atoms with E-state index in [0.29, 0.717) is 16.5 Å². The molecule has 0 amide bonds. The summed E-state index contributed by atoms with van der Waals surface area (Å²) < 4.78 is 49.0. The van der Waals surface area contributed by atoms with Crippen molar-refractivity contribution >= 4 is 10.8 Å². The van der Waals surface area contributed by atoms with E-state index in [0.717, 1.165) is 11.1 Å². The van der Waals surface area contributed by atoms with Crippen molar-refractivity contribution < 1.29 is 22.6 Å². The van der Waals surface area contributed by atoms with E-state index in [4.69, 9.17) is 9.47 Å². The predicted molar refractivity (Wildman–Crippen MR) is 82.0 cm³/mol. The maximum Gasteiger partial charge on any atom is 0.422 e. The molecule has 0 saturated heterocycles. The van der Waals surface area contributed by atoms with Gasteiger partial charge in [-0.25, -0.2) is 4.98 Å². The summed E-state index contributed by atoms with van der Waals surface area (Å²) in [7, 11) is 3.26. The number of methoxy groups -OCH3 is 1. The van der Waals surface area contributed by atoms with Crippen molar-refractivity contribution in [1.82, 2.24) is 14.8 Å². The number of ether oxygens (including phenoxy) is 2. The summed E-state index contributed by atoms with van der Waals surface area (Å²) in [4.78, 5) is 4.06. The summed E-state index contributed by atoms with van der Waals surface area (Å²) in [6.45, 7) is -1.40. The standard InChI is InChI=1S/C16H14F3N3O2/c1-22-8-10(6-21-22)14-7-20-15(24-9-16(17,18)19)13-5-11(23-2)3-4-12(13)14/h3-8H,9H2,1-2H3. The number of aryl methyl sites for hydroxylation is 1. The second-order valence-electron chi connectivity index (χ2n) is 5.20. The van der Waals surface area contributed by atoms with E-state index in [2.05, 4.69) is 10.1 Å². The molecule has 0 aliphatic heterocycles. The van der Waals surface area contributed by atoms with Crippen LogP contribution in [0.5, 0.6) is 11.6 Å². The highest BCUT2D eigenvalue weighted by Gasteiger charge is 2.29. The number of fused-ring (bicyclic) bond motifs is 1. The third-order valence-electron chi connectivity index (χ3n) is 3.45. The van der Waals surface area contributed by atoms with Crippen LogP contribution in [0.25, 0.3) is 21.9 Å². The predicted octanol–water partition coefficient (Wildman–Crippen LogP) is 3.59. The van der Waals surface area contributed by atoms with E-state index in [-0.39, 0.29) is 5.88 Å². The average Bonchev–Trinajstić information content (AvgIpc) is 2.97. The van der Waals surface area contributed by atoms with Gasteiger partial charge < -0.3 is 9.47 Å². The van der Waals surface area contributed by atoms with Gasteiger partial charge in [-0.3, -0.25) is 4.68 Å². The molecule has 2 heterocycles. The Labute approximate surface area is 135 Å². The van der Waals surface area contributed by atoms with Gasteiger partial charge in [-0.05, 0) is 23.6 Å². The lowest BCUT2D eigenvalue weighted by atomic mass is 10.0. The molecule has 0 spiro atoms. The van der Waals surface area contributed by atoms with E-state index in [1.807, 2.05) is 0 Å². The van der Waals surface area contributed by atoms with Crippen molar-refractivity contribution in [2.24, 2.45) is 7.05 Å². The molecule has 0 radical (unpaired) electrons. The normalized spacial score (nSPS) is 11.7. The zero-order valence-corrected chi connectivity index (χ0v) is 13.0. The fourth-order valence-electron chi connectivity index (χ4n) is 2.38. The molecular formula is C16H14F3N3O2. The fraction of sp³-hybridized carbons (Fsp3) is 0.250. The summed E-state index contributed by atoms with van der Waals surface area (Å²) in [5, 5.41) is 5.26. The minimum absolute atomic E-state index is 0.0890. The molecule has 5 nitrogen and oxygen atoms in total. The van der Waals surface area contributed by atoms with Crippen LogP contribution in [0.2, 0.25) is 0 Å². The van der Waals surface area contributed by atoms with Gasteiger partial charge in [-0.15, -0.1) is 0 Å². The van der Waals surface area contributed by atoms with Gasteiger partial charge in [0, 0.05) is 36.0 Å². The Morgan fingerprint density at radius 1 is 1.17 bits per heavy atom. The second kappa shape index (κ2) is 6.03. The van der Waals surface area contributed by atoms with E-state index in [1.54, 1.807) is 42.3 Å². The summed E-state index contributed by atoms with van der Waals surface area (Å²) in [5.74, 6) is 0.415. The van der Waals surface area contributed by atoms with Crippen molar-refractivity contribution in [3.8, 4) is 22.8 Å². The van der Waals surface area contributed by atoms with Crippen LogP contribution in [-0.4, -0.2) is 34.7 Å². The molecule has 3 rings (SSSR count). The highest BCUT2D eigenvalue weighted by Crippen LogP contribution is 2.35. The van der Waals surface area contributed by atoms with Crippen LogP contribution >= 0.6 is 0 Å². The van der Waals surface area contributed by atoms with Gasteiger partial charge in [-0.2, -0.15) is 18.3 Å². The third-order valence-corrected chi connectivity index (χ3v) is 3.45. The number of rotatable bonds is 4. The summed E-state index contributed by atoms with van der Waals surface area (Å²) in [6, 6.07) is 5.10. The number of nitrogens with zero attached hydrogens (tertiary/aromatic N) is 3. The number of halogens is 3. The van der Waals surface area contributed by atoms with Gasteiger partial charge in [-0.1, -0.05) is 0 Å². The highest BCUT2D eigenvalue weighted by atomic mass is 19.4. The zero-order valence-electron chi connectivity index (χ0n) is 13.0. The molecule has 8 heteroatoms. The minimum Gasteiger partial charge on any atom is -0.497 e. The van der Waals surface area contributed by atoms with Crippen molar-refractivity contribution in [2.45, 2.75) is 6.18 Å². The van der Waals surface area contributed by atoms with Gasteiger partial charge in [0.25, 0.3) is 0 Å². The molecule has 2 aromatic heterocycles. The quantitative estimate of drug-likeness (QED) is 0.730. The van der Waals surface area contributed by atoms with Gasteiger partial charge in [0.1, 0.15) is 5.75 Å². The number of alkyl halides is 3. The molecule has 0 atom stereocenters. The maximum atomic E-state index is 12.4. The Hall–Kier alpha value is -2.77. The average molecular weight is 337 g/mol. The van der Waals surface area contributed by atoms with Crippen LogP contribution in [0.4, 0.5) is 13.2 Å². The van der Waals surface area contributed by atoms with Crippen LogP contribution in [0.15, 0.2) is 36.8 Å². The molecule has 0 fully saturated rings. The Bertz CT molecular complexity index is 875. The lowest BCUT2D eigenvalue weighted by Gasteiger charge is -2.13. The molecule has 0 bridgehead atoms. The Kier molecular flexibility index (Phi) is 4.04. The molecule has 24 heavy (non-hydrogen) atoms. The minimum atomic E-state index is -4.44. The van der Waals surface area contributed by atoms with E-state index < -0.39 is 12.8 Å². The van der Waals surface area contributed by atoms with Gasteiger partial charge in [0.2, 0.25) is 5.88 Å². The molecular weight excluding hydrogens is 323 g/mol. The Morgan fingerprint density at radius 2 is 1.96 bits per heavy atom. The second-order valence-corrected chi connectivity index (χ2v) is 5.20. The monoisotopic (exact) mass is 337 g/mol. The van der Waals surface area contributed by atoms with Crippen LogP contribution in [0, 0.1) is 0 Å². The number of hydrogen-bond acceptors (Lipinski definition) is 4. The van der Waals surface area contributed by atoms with Crippen LogP contribution < -0.4 is 9.47 Å². The van der Waals surface area contributed by atoms with Crippen LogP contribution in [0.1, 0.15) is 0 Å². The van der Waals surface area contributed by atoms with Crippen molar-refractivity contribution in [3.63, 3.8) is 0 Å². The lowest BCUT2D eigenvalue weighted by molar-refractivity contribution is -0.153. The first-order valence-electron chi connectivity index (χ1n) is 7.03. The van der Waals surface area contributed by atoms with E-state index in [9.17, 15) is 13.2 Å². The van der Waals surface area contributed by atoms with E-state index in [1.165, 1.54) is 13.3 Å². The topological polar surface area (TPSA) is 49.2 Å². The van der Waals surface area contributed by atoms with Gasteiger partial charge >= 0.3 is 6.18 Å². The molecule has 1 aromatic carbocycles. The lowest BCUT2D eigenvalue weighted by Crippen LogP contribution is -2.19. The van der Waals surface area contributed by atoms with E-state index >= 15 is 0 Å². The summed E-state index contributed by atoms with van der Waals surface area (Å²) in [6.07, 6.45) is 0.514. The highest BCUT2D eigenvalue weighted by molar-refractivity contribution is 5.99. The van der Waals surface area contributed by atoms with Crippen molar-refractivity contribution in [2.75, 3.05) is 13.7 Å². The van der Waals surface area contributed by atoms with Crippen molar-refractivity contribution in [1.29, 1.82) is 0 Å². The largest absolute Gasteiger partial charge is 0.497 e. The molecule has 126 valence electrons. The maximum absolute atomic E-state index is 12.4. The van der Waals surface area contributed by atoms with Crippen molar-refractivity contribution in [3.05, 3.63) is 36.8 Å². The molecule has 0 aliphatic rings. The smallest absolute Gasteiger partial charge is 0.422 e. The molecule has 0 N–H and O–H groups in total. The number of aromatic nitrogens is 3. The first-order chi connectivity index (χ1) is 11.4. The molecule has 0 aliphatic carbocycles. The Morgan fingerprint density at radius 3 is 2.58 bits per heavy atom.